The second-order valence-electron chi connectivity index (χ2n) is 8.21. The lowest BCUT2D eigenvalue weighted by Gasteiger charge is -2.18. The summed E-state index contributed by atoms with van der Waals surface area (Å²) in [5, 5.41) is 16.5. The second-order valence-corrected chi connectivity index (χ2v) is 9.07. The van der Waals surface area contributed by atoms with E-state index in [9.17, 15) is 0 Å². The van der Waals surface area contributed by atoms with Gasteiger partial charge >= 0.3 is 0 Å². The van der Waals surface area contributed by atoms with Crippen LogP contribution in [-0.4, -0.2) is 29.4 Å². The molecular formula is C26H20ClN7S. The quantitative estimate of drug-likeness (QED) is 0.330. The second kappa shape index (κ2) is 8.72. The molecule has 3 heterocycles. The number of halogens is 1. The average Bonchev–Trinajstić information content (AvgIpc) is 3.44. The number of thiol groups is 1. The zero-order chi connectivity index (χ0) is 23.9. The van der Waals surface area contributed by atoms with Crippen molar-refractivity contribution in [2.24, 2.45) is 5.10 Å². The van der Waals surface area contributed by atoms with Crippen LogP contribution in [0.15, 0.2) is 90.3 Å². The summed E-state index contributed by atoms with van der Waals surface area (Å²) >= 11 is 10.6. The van der Waals surface area contributed by atoms with Crippen molar-refractivity contribution in [2.45, 2.75) is 13.5 Å². The molecule has 7 nitrogen and oxygen atoms in total. The Morgan fingerprint density at radius 2 is 1.63 bits per heavy atom. The van der Waals surface area contributed by atoms with Gasteiger partial charge in [-0.3, -0.25) is 8.54 Å². The van der Waals surface area contributed by atoms with Crippen LogP contribution >= 0.6 is 24.4 Å². The number of benzene rings is 3. The molecule has 3 aromatic carbocycles. The number of aryl methyl sites for hydroxylation is 1. The Morgan fingerprint density at radius 3 is 2.37 bits per heavy atom. The Bertz CT molecular complexity index is 1550. The molecule has 0 aliphatic carbocycles. The van der Waals surface area contributed by atoms with Gasteiger partial charge in [0.1, 0.15) is 17.4 Å². The Balaban J connectivity index is 1.45. The molecular weight excluding hydrogens is 478 g/mol. The first-order valence-corrected chi connectivity index (χ1v) is 11.8. The summed E-state index contributed by atoms with van der Waals surface area (Å²) in [5.41, 5.74) is 5.86. The number of para-hydroxylation sites is 1. The van der Waals surface area contributed by atoms with Gasteiger partial charge in [-0.25, -0.2) is 9.99 Å². The first kappa shape index (κ1) is 21.6. The third-order valence-electron chi connectivity index (χ3n) is 5.94. The number of hydrogen-bond acceptors (Lipinski definition) is 6. The highest BCUT2D eigenvalue weighted by Gasteiger charge is 2.26. The van der Waals surface area contributed by atoms with Crippen molar-refractivity contribution in [3.8, 4) is 17.1 Å². The molecule has 35 heavy (non-hydrogen) atoms. The molecule has 172 valence electrons. The van der Waals surface area contributed by atoms with Gasteiger partial charge < -0.3 is 0 Å². The van der Waals surface area contributed by atoms with Crippen LogP contribution in [0.3, 0.4) is 0 Å². The van der Waals surface area contributed by atoms with Gasteiger partial charge in [0.05, 0.1) is 12.2 Å². The Kier molecular flexibility index (Phi) is 5.39. The van der Waals surface area contributed by atoms with Gasteiger partial charge in [0, 0.05) is 34.1 Å². The fourth-order valence-corrected chi connectivity index (χ4v) is 4.60. The molecule has 0 radical (unpaired) electrons. The molecule has 0 bridgehead atoms. The highest BCUT2D eigenvalue weighted by Crippen LogP contribution is 2.31. The molecule has 0 atom stereocenters. The molecule has 9 heteroatoms. The number of imidazole rings is 1. The van der Waals surface area contributed by atoms with Crippen LogP contribution in [0.5, 0.6) is 0 Å². The Hall–Kier alpha value is -3.88. The highest BCUT2D eigenvalue weighted by atomic mass is 35.5. The predicted molar refractivity (Wildman–Crippen MR) is 141 cm³/mol. The summed E-state index contributed by atoms with van der Waals surface area (Å²) in [6, 6.07) is 24.1. The SMILES string of the molecule is Cc1nnc2n1-c1ccccc1C(c1ccc(Cl)cc1)=NN2Cc1ccc(-c2nccn2S)cc1. The standard InChI is InChI=1S/C26H20ClN7S/c1-17-29-30-26-32(16-18-6-8-20(9-7-18)25-28-14-15-33(25)35)31-24(19-10-12-21(27)13-11-19)22-4-2-3-5-23(22)34(17)26/h2-15,35H,16H2,1H3. The van der Waals surface area contributed by atoms with E-state index in [4.69, 9.17) is 16.7 Å². The van der Waals surface area contributed by atoms with E-state index in [0.29, 0.717) is 17.5 Å². The van der Waals surface area contributed by atoms with Gasteiger partial charge in [0.25, 0.3) is 5.95 Å². The van der Waals surface area contributed by atoms with Gasteiger partial charge in [-0.2, -0.15) is 5.10 Å². The molecule has 6 rings (SSSR count). The number of aromatic nitrogens is 5. The molecule has 1 aliphatic rings. The Labute approximate surface area is 212 Å². The van der Waals surface area contributed by atoms with Crippen molar-refractivity contribution in [3.63, 3.8) is 0 Å². The number of fused-ring (bicyclic) bond motifs is 3. The van der Waals surface area contributed by atoms with Crippen molar-refractivity contribution in [3.05, 3.63) is 113 Å². The Morgan fingerprint density at radius 1 is 0.886 bits per heavy atom. The summed E-state index contributed by atoms with van der Waals surface area (Å²) in [6.07, 6.45) is 3.54. The third kappa shape index (κ3) is 3.90. The molecule has 0 unspecified atom stereocenters. The zero-order valence-corrected chi connectivity index (χ0v) is 20.4. The van der Waals surface area contributed by atoms with Crippen molar-refractivity contribution in [2.75, 3.05) is 5.01 Å². The molecule has 1 aliphatic heterocycles. The van der Waals surface area contributed by atoms with Crippen molar-refractivity contribution < 1.29 is 0 Å². The van der Waals surface area contributed by atoms with E-state index in [0.717, 1.165) is 45.3 Å². The van der Waals surface area contributed by atoms with Crippen LogP contribution < -0.4 is 5.01 Å². The minimum Gasteiger partial charge on any atom is -0.276 e. The predicted octanol–water partition coefficient (Wildman–Crippen LogP) is 5.56. The number of rotatable bonds is 4. The van der Waals surface area contributed by atoms with E-state index in [1.807, 2.05) is 71.2 Å². The van der Waals surface area contributed by atoms with E-state index in [1.165, 1.54) is 0 Å². The van der Waals surface area contributed by atoms with Crippen LogP contribution in [-0.2, 0) is 6.54 Å². The van der Waals surface area contributed by atoms with Crippen LogP contribution in [0.25, 0.3) is 17.1 Å². The molecule has 0 spiro atoms. The molecule has 2 aromatic heterocycles. The maximum Gasteiger partial charge on any atom is 0.252 e. The van der Waals surface area contributed by atoms with Gasteiger partial charge in [0.15, 0.2) is 0 Å². The molecule has 0 fully saturated rings. The van der Waals surface area contributed by atoms with E-state index < -0.39 is 0 Å². The van der Waals surface area contributed by atoms with Crippen molar-refractivity contribution in [1.82, 2.24) is 23.7 Å². The van der Waals surface area contributed by atoms with Crippen molar-refractivity contribution in [1.29, 1.82) is 0 Å². The van der Waals surface area contributed by atoms with Crippen molar-refractivity contribution >= 4 is 36.1 Å². The van der Waals surface area contributed by atoms with E-state index in [2.05, 4.69) is 52.3 Å². The zero-order valence-electron chi connectivity index (χ0n) is 18.7. The van der Waals surface area contributed by atoms with Gasteiger partial charge in [-0.05, 0) is 30.7 Å². The molecule has 0 amide bonds. The van der Waals surface area contributed by atoms with Crippen LogP contribution in [0.2, 0.25) is 5.02 Å². The summed E-state index contributed by atoms with van der Waals surface area (Å²) in [4.78, 5) is 4.37. The van der Waals surface area contributed by atoms with Crippen LogP contribution in [0, 0.1) is 6.92 Å². The van der Waals surface area contributed by atoms with Crippen LogP contribution in [0.4, 0.5) is 5.95 Å². The van der Waals surface area contributed by atoms with Gasteiger partial charge in [-0.15, -0.1) is 10.2 Å². The maximum atomic E-state index is 6.17. The van der Waals surface area contributed by atoms with Gasteiger partial charge in [-0.1, -0.05) is 79.0 Å². The summed E-state index contributed by atoms with van der Waals surface area (Å²) in [5.74, 6) is 2.25. The molecule has 0 saturated carbocycles. The average molecular weight is 498 g/mol. The number of hydrazone groups is 1. The molecule has 5 aromatic rings. The van der Waals surface area contributed by atoms with E-state index in [-0.39, 0.29) is 0 Å². The highest BCUT2D eigenvalue weighted by molar-refractivity contribution is 7.78. The fourth-order valence-electron chi connectivity index (χ4n) is 4.25. The summed E-state index contributed by atoms with van der Waals surface area (Å²) in [7, 11) is 0. The normalized spacial score (nSPS) is 12.7. The number of nitrogens with zero attached hydrogens (tertiary/aromatic N) is 7. The smallest absolute Gasteiger partial charge is 0.252 e. The first-order valence-electron chi connectivity index (χ1n) is 11.0. The third-order valence-corrected chi connectivity index (χ3v) is 6.52. The number of anilines is 1. The molecule has 0 saturated heterocycles. The topological polar surface area (TPSA) is 64.1 Å². The largest absolute Gasteiger partial charge is 0.276 e. The maximum absolute atomic E-state index is 6.17. The summed E-state index contributed by atoms with van der Waals surface area (Å²) < 4.78 is 3.75. The van der Waals surface area contributed by atoms with E-state index in [1.54, 1.807) is 10.2 Å². The van der Waals surface area contributed by atoms with E-state index >= 15 is 0 Å². The fraction of sp³-hybridized carbons (Fsp3) is 0.0769. The minimum atomic E-state index is 0.513. The van der Waals surface area contributed by atoms with Gasteiger partial charge in [0.2, 0.25) is 0 Å². The lowest BCUT2D eigenvalue weighted by Crippen LogP contribution is -2.20. The van der Waals surface area contributed by atoms with Crippen LogP contribution in [0.1, 0.15) is 22.5 Å². The first-order chi connectivity index (χ1) is 17.1. The lowest BCUT2D eigenvalue weighted by molar-refractivity contribution is 0.796. The minimum absolute atomic E-state index is 0.513. The number of hydrogen-bond donors (Lipinski definition) is 1. The molecule has 0 N–H and O–H groups in total. The summed E-state index contributed by atoms with van der Waals surface area (Å²) in [6.45, 7) is 2.46. The monoisotopic (exact) mass is 497 g/mol. The lowest BCUT2D eigenvalue weighted by atomic mass is 10.0.